The van der Waals surface area contributed by atoms with Crippen LogP contribution in [0.5, 0.6) is 0 Å². The van der Waals surface area contributed by atoms with E-state index in [2.05, 4.69) is 15.5 Å². The number of carbonyl (C=O) groups excluding carboxylic acids is 1. The van der Waals surface area contributed by atoms with E-state index in [4.69, 9.17) is 23.2 Å². The number of hydrogen-bond donors (Lipinski definition) is 1. The molecule has 0 atom stereocenters. The predicted molar refractivity (Wildman–Crippen MR) is 98.4 cm³/mol. The van der Waals surface area contributed by atoms with Crippen LogP contribution in [0, 0.1) is 13.8 Å². The molecule has 1 N–H and O–H groups in total. The minimum atomic E-state index is -0.214. The molecule has 0 fully saturated rings. The molecule has 8 heteroatoms. The second-order valence-electron chi connectivity index (χ2n) is 5.81. The summed E-state index contributed by atoms with van der Waals surface area (Å²) in [6.07, 6.45) is 3.19. The van der Waals surface area contributed by atoms with Crippen LogP contribution in [0.15, 0.2) is 30.6 Å². The third-order valence-electron chi connectivity index (χ3n) is 3.90. The van der Waals surface area contributed by atoms with Gasteiger partial charge in [0.2, 0.25) is 0 Å². The number of hydrogen-bond acceptors (Lipinski definition) is 3. The highest BCUT2D eigenvalue weighted by molar-refractivity contribution is 6.42. The molecule has 0 aliphatic rings. The number of aromatic nitrogens is 4. The minimum Gasteiger partial charge on any atom is -0.319 e. The molecule has 0 bridgehead atoms. The largest absolute Gasteiger partial charge is 0.319 e. The fraction of sp³-hybridized carbons (Fsp3) is 0.235. The van der Waals surface area contributed by atoms with Gasteiger partial charge < -0.3 is 5.32 Å². The summed E-state index contributed by atoms with van der Waals surface area (Å²) in [5, 5.41) is 12.5. The zero-order valence-corrected chi connectivity index (χ0v) is 15.6. The van der Waals surface area contributed by atoms with E-state index in [0.717, 1.165) is 17.0 Å². The van der Waals surface area contributed by atoms with Crippen LogP contribution in [-0.4, -0.2) is 25.5 Å². The molecular weight excluding hydrogens is 361 g/mol. The molecular formula is C17H17Cl2N5O. The lowest BCUT2D eigenvalue weighted by Crippen LogP contribution is -2.12. The van der Waals surface area contributed by atoms with E-state index >= 15 is 0 Å². The first kappa shape index (κ1) is 17.5. The van der Waals surface area contributed by atoms with E-state index in [9.17, 15) is 4.79 Å². The highest BCUT2D eigenvalue weighted by atomic mass is 35.5. The van der Waals surface area contributed by atoms with Gasteiger partial charge in [0.25, 0.3) is 5.91 Å². The Morgan fingerprint density at radius 3 is 2.64 bits per heavy atom. The van der Waals surface area contributed by atoms with Crippen LogP contribution in [0.4, 0.5) is 5.69 Å². The van der Waals surface area contributed by atoms with E-state index in [1.165, 1.54) is 6.20 Å². The maximum atomic E-state index is 12.3. The molecule has 0 saturated heterocycles. The molecule has 2 heterocycles. The Morgan fingerprint density at radius 1 is 1.24 bits per heavy atom. The van der Waals surface area contributed by atoms with Crippen molar-refractivity contribution < 1.29 is 4.79 Å². The van der Waals surface area contributed by atoms with Crippen molar-refractivity contribution in [1.29, 1.82) is 0 Å². The van der Waals surface area contributed by atoms with Crippen LogP contribution in [0.25, 0.3) is 0 Å². The number of nitrogens with zero attached hydrogens (tertiary/aromatic N) is 4. The highest BCUT2D eigenvalue weighted by Gasteiger charge is 2.16. The predicted octanol–water partition coefficient (Wildman–Crippen LogP) is 3.84. The smallest absolute Gasteiger partial charge is 0.258 e. The van der Waals surface area contributed by atoms with Crippen LogP contribution < -0.4 is 5.32 Å². The van der Waals surface area contributed by atoms with Crippen LogP contribution in [-0.2, 0) is 13.6 Å². The van der Waals surface area contributed by atoms with Crippen molar-refractivity contribution in [3.05, 3.63) is 63.2 Å². The summed E-state index contributed by atoms with van der Waals surface area (Å²) in [5.74, 6) is -0.214. The van der Waals surface area contributed by atoms with Gasteiger partial charge in [0.15, 0.2) is 0 Å². The van der Waals surface area contributed by atoms with Crippen molar-refractivity contribution in [2.45, 2.75) is 20.4 Å². The summed E-state index contributed by atoms with van der Waals surface area (Å²) in [6.45, 7) is 4.31. The van der Waals surface area contributed by atoms with Crippen LogP contribution in [0.1, 0.15) is 27.3 Å². The van der Waals surface area contributed by atoms with Gasteiger partial charge in [-0.1, -0.05) is 29.3 Å². The molecule has 3 rings (SSSR count). The Bertz CT molecular complexity index is 945. The number of benzene rings is 1. The van der Waals surface area contributed by atoms with E-state index in [-0.39, 0.29) is 5.91 Å². The minimum absolute atomic E-state index is 0.214. The highest BCUT2D eigenvalue weighted by Crippen LogP contribution is 2.25. The van der Waals surface area contributed by atoms with Crippen LogP contribution in [0.3, 0.4) is 0 Å². The molecule has 0 saturated carbocycles. The topological polar surface area (TPSA) is 64.7 Å². The molecule has 1 amide bonds. The molecule has 25 heavy (non-hydrogen) atoms. The lowest BCUT2D eigenvalue weighted by molar-refractivity contribution is 0.102. The van der Waals surface area contributed by atoms with Crippen LogP contribution in [0.2, 0.25) is 10.0 Å². The number of anilines is 1. The molecule has 130 valence electrons. The Labute approximate surface area is 155 Å². The number of nitrogens with one attached hydrogen (secondary N) is 1. The number of halogens is 2. The van der Waals surface area contributed by atoms with Gasteiger partial charge in [-0.05, 0) is 31.5 Å². The van der Waals surface area contributed by atoms with Gasteiger partial charge in [-0.25, -0.2) is 0 Å². The first-order valence-electron chi connectivity index (χ1n) is 7.63. The van der Waals surface area contributed by atoms with Crippen molar-refractivity contribution in [3.63, 3.8) is 0 Å². The number of amides is 1. The molecule has 0 spiro atoms. The average molecular weight is 378 g/mol. The summed E-state index contributed by atoms with van der Waals surface area (Å²) >= 11 is 12.0. The van der Waals surface area contributed by atoms with E-state index in [1.807, 2.05) is 30.7 Å². The summed E-state index contributed by atoms with van der Waals surface area (Å²) in [5.41, 5.74) is 3.79. The van der Waals surface area contributed by atoms with Crippen molar-refractivity contribution in [2.24, 2.45) is 7.05 Å². The molecule has 3 aromatic rings. The standard InChI is InChI=1S/C17H17Cl2N5O/c1-10-16(21-17(25)13-7-20-23(3)9-13)11(2)24(22-10)8-12-4-5-14(18)15(19)6-12/h4-7,9H,8H2,1-3H3,(H,21,25). The molecule has 6 nitrogen and oxygen atoms in total. The van der Waals surface area contributed by atoms with Gasteiger partial charge in [-0.2, -0.15) is 10.2 Å². The Hall–Kier alpha value is -2.31. The summed E-state index contributed by atoms with van der Waals surface area (Å²) in [6, 6.07) is 5.47. The zero-order valence-electron chi connectivity index (χ0n) is 14.0. The van der Waals surface area contributed by atoms with E-state index < -0.39 is 0 Å². The van der Waals surface area contributed by atoms with E-state index in [1.54, 1.807) is 24.0 Å². The maximum absolute atomic E-state index is 12.3. The van der Waals surface area contributed by atoms with Gasteiger partial charge >= 0.3 is 0 Å². The van der Waals surface area contributed by atoms with Gasteiger partial charge in [0, 0.05) is 13.2 Å². The third kappa shape index (κ3) is 3.70. The molecule has 0 radical (unpaired) electrons. The normalized spacial score (nSPS) is 10.9. The molecule has 1 aromatic carbocycles. The van der Waals surface area contributed by atoms with Crippen LogP contribution >= 0.6 is 23.2 Å². The third-order valence-corrected chi connectivity index (χ3v) is 4.64. The molecule has 0 aliphatic carbocycles. The van der Waals surface area contributed by atoms with Gasteiger partial charge in [-0.3, -0.25) is 14.2 Å². The second kappa shape index (κ2) is 6.90. The maximum Gasteiger partial charge on any atom is 0.258 e. The van der Waals surface area contributed by atoms with Crippen molar-refractivity contribution in [3.8, 4) is 0 Å². The summed E-state index contributed by atoms with van der Waals surface area (Å²) in [4.78, 5) is 12.3. The van der Waals surface area contributed by atoms with E-state index in [0.29, 0.717) is 27.8 Å². The number of carbonyl (C=O) groups is 1. The zero-order chi connectivity index (χ0) is 18.1. The number of rotatable bonds is 4. The van der Waals surface area contributed by atoms with Crippen molar-refractivity contribution in [2.75, 3.05) is 5.32 Å². The fourth-order valence-corrected chi connectivity index (χ4v) is 2.89. The summed E-state index contributed by atoms with van der Waals surface area (Å²) < 4.78 is 3.41. The lowest BCUT2D eigenvalue weighted by atomic mass is 10.2. The molecule has 0 aliphatic heterocycles. The van der Waals surface area contributed by atoms with Crippen molar-refractivity contribution in [1.82, 2.24) is 19.6 Å². The lowest BCUT2D eigenvalue weighted by Gasteiger charge is -2.07. The van der Waals surface area contributed by atoms with Gasteiger partial charge in [0.05, 0.1) is 45.4 Å². The Balaban J connectivity index is 1.83. The Kier molecular flexibility index (Phi) is 4.83. The second-order valence-corrected chi connectivity index (χ2v) is 6.62. The molecule has 2 aromatic heterocycles. The Morgan fingerprint density at radius 2 is 2.00 bits per heavy atom. The number of aryl methyl sites for hydroxylation is 2. The first-order chi connectivity index (χ1) is 11.8. The van der Waals surface area contributed by atoms with Gasteiger partial charge in [0.1, 0.15) is 0 Å². The summed E-state index contributed by atoms with van der Waals surface area (Å²) in [7, 11) is 1.77. The van der Waals surface area contributed by atoms with Gasteiger partial charge in [-0.15, -0.1) is 0 Å². The monoisotopic (exact) mass is 377 g/mol. The fourth-order valence-electron chi connectivity index (χ4n) is 2.57. The van der Waals surface area contributed by atoms with Crippen molar-refractivity contribution >= 4 is 34.8 Å². The first-order valence-corrected chi connectivity index (χ1v) is 8.38. The molecule has 0 unspecified atom stereocenters. The average Bonchev–Trinajstić information content (AvgIpc) is 3.10. The SMILES string of the molecule is Cc1nn(Cc2ccc(Cl)c(Cl)c2)c(C)c1NC(=O)c1cnn(C)c1. The quantitative estimate of drug-likeness (QED) is 0.750.